The van der Waals surface area contributed by atoms with Gasteiger partial charge in [0.05, 0.1) is 11.3 Å². The highest BCUT2D eigenvalue weighted by atomic mass is 35.5. The summed E-state index contributed by atoms with van der Waals surface area (Å²) in [6, 6.07) is 5.25. The van der Waals surface area contributed by atoms with Crippen molar-refractivity contribution >= 4 is 23.3 Å². The fourth-order valence-electron chi connectivity index (χ4n) is 1.91. The van der Waals surface area contributed by atoms with Crippen molar-refractivity contribution in [2.75, 3.05) is 5.73 Å². The second-order valence-corrected chi connectivity index (χ2v) is 4.95. The van der Waals surface area contributed by atoms with Gasteiger partial charge in [-0.2, -0.15) is 5.10 Å². The number of halogens is 1. The number of carbonyl (C=O) groups excluding carboxylic acids is 1. The average Bonchev–Trinajstić information content (AvgIpc) is 2.64. The summed E-state index contributed by atoms with van der Waals surface area (Å²) in [6.07, 6.45) is 0. The van der Waals surface area contributed by atoms with Gasteiger partial charge in [0.2, 0.25) is 0 Å². The molecular formula is C14H16ClN3O2. The number of ether oxygens (including phenoxy) is 1. The molecule has 2 rings (SSSR count). The number of aryl methyl sites for hydroxylation is 3. The molecule has 0 atom stereocenters. The van der Waals surface area contributed by atoms with E-state index < -0.39 is 5.97 Å². The number of nitrogens with two attached hydrogens (primary N) is 1. The van der Waals surface area contributed by atoms with E-state index in [0.29, 0.717) is 22.0 Å². The lowest BCUT2D eigenvalue weighted by molar-refractivity contribution is 0.0473. The molecule has 1 aromatic carbocycles. The normalized spacial score (nSPS) is 10.6. The van der Waals surface area contributed by atoms with E-state index in [-0.39, 0.29) is 6.61 Å². The first-order chi connectivity index (χ1) is 9.41. The largest absolute Gasteiger partial charge is 0.457 e. The smallest absolute Gasteiger partial charge is 0.340 e. The Morgan fingerprint density at radius 3 is 2.75 bits per heavy atom. The standard InChI is InChI=1S/C14H16ClN3O2/c1-8-5-4-6-10(12(8)16)14(19)20-7-11-9(2)17-18(3)13(11)15/h4-6H,7,16H2,1-3H3. The maximum Gasteiger partial charge on any atom is 0.340 e. The zero-order valence-electron chi connectivity index (χ0n) is 11.6. The van der Waals surface area contributed by atoms with Crippen molar-refractivity contribution in [3.8, 4) is 0 Å². The quantitative estimate of drug-likeness (QED) is 0.697. The van der Waals surface area contributed by atoms with Crippen molar-refractivity contribution in [3.63, 3.8) is 0 Å². The van der Waals surface area contributed by atoms with Gasteiger partial charge in [0.1, 0.15) is 11.8 Å². The molecule has 1 heterocycles. The fourth-order valence-corrected chi connectivity index (χ4v) is 2.14. The van der Waals surface area contributed by atoms with Gasteiger partial charge in [-0.05, 0) is 25.5 Å². The van der Waals surface area contributed by atoms with Gasteiger partial charge < -0.3 is 10.5 Å². The Bertz CT molecular complexity index is 665. The number of hydrogen-bond donors (Lipinski definition) is 1. The number of nitrogens with zero attached hydrogens (tertiary/aromatic N) is 2. The minimum Gasteiger partial charge on any atom is -0.457 e. The number of esters is 1. The highest BCUT2D eigenvalue weighted by Crippen LogP contribution is 2.22. The highest BCUT2D eigenvalue weighted by Gasteiger charge is 2.16. The average molecular weight is 294 g/mol. The minimum atomic E-state index is -0.467. The zero-order valence-corrected chi connectivity index (χ0v) is 12.4. The number of rotatable bonds is 3. The Morgan fingerprint density at radius 1 is 1.45 bits per heavy atom. The van der Waals surface area contributed by atoms with Crippen molar-refractivity contribution in [1.82, 2.24) is 9.78 Å². The molecule has 0 saturated carbocycles. The highest BCUT2D eigenvalue weighted by molar-refractivity contribution is 6.30. The SMILES string of the molecule is Cc1cccc(C(=O)OCc2c(C)nn(C)c2Cl)c1N. The summed E-state index contributed by atoms with van der Waals surface area (Å²) >= 11 is 6.08. The van der Waals surface area contributed by atoms with Crippen LogP contribution in [0.4, 0.5) is 5.69 Å². The van der Waals surface area contributed by atoms with Crippen molar-refractivity contribution in [1.29, 1.82) is 0 Å². The molecule has 0 radical (unpaired) electrons. The molecule has 0 bridgehead atoms. The van der Waals surface area contributed by atoms with Gasteiger partial charge in [0.25, 0.3) is 0 Å². The van der Waals surface area contributed by atoms with Crippen LogP contribution in [0.5, 0.6) is 0 Å². The summed E-state index contributed by atoms with van der Waals surface area (Å²) in [5.74, 6) is -0.467. The van der Waals surface area contributed by atoms with Crippen LogP contribution in [0.25, 0.3) is 0 Å². The monoisotopic (exact) mass is 293 g/mol. The van der Waals surface area contributed by atoms with Crippen LogP contribution in [0.1, 0.15) is 27.2 Å². The first kappa shape index (κ1) is 14.4. The molecule has 5 nitrogen and oxygen atoms in total. The van der Waals surface area contributed by atoms with Crippen LogP contribution in [-0.2, 0) is 18.4 Å². The van der Waals surface area contributed by atoms with Gasteiger partial charge in [-0.25, -0.2) is 4.79 Å². The van der Waals surface area contributed by atoms with Gasteiger partial charge in [-0.3, -0.25) is 4.68 Å². The molecule has 0 unspecified atom stereocenters. The number of anilines is 1. The zero-order chi connectivity index (χ0) is 14.9. The van der Waals surface area contributed by atoms with Gasteiger partial charge >= 0.3 is 5.97 Å². The van der Waals surface area contributed by atoms with Gasteiger partial charge in [-0.1, -0.05) is 23.7 Å². The molecule has 0 spiro atoms. The van der Waals surface area contributed by atoms with Crippen LogP contribution in [0.15, 0.2) is 18.2 Å². The summed E-state index contributed by atoms with van der Waals surface area (Å²) in [6.45, 7) is 3.73. The molecule has 0 saturated heterocycles. The van der Waals surface area contributed by atoms with Crippen molar-refractivity contribution in [2.24, 2.45) is 7.05 Å². The van der Waals surface area contributed by atoms with Crippen LogP contribution in [0.3, 0.4) is 0 Å². The molecule has 0 fully saturated rings. The maximum atomic E-state index is 12.0. The molecule has 0 amide bonds. The summed E-state index contributed by atoms with van der Waals surface area (Å²) < 4.78 is 6.81. The molecule has 1 aromatic heterocycles. The third-order valence-corrected chi connectivity index (χ3v) is 3.63. The number of carbonyl (C=O) groups is 1. The third-order valence-electron chi connectivity index (χ3n) is 3.16. The summed E-state index contributed by atoms with van der Waals surface area (Å²) in [7, 11) is 1.74. The predicted molar refractivity (Wildman–Crippen MR) is 77.7 cm³/mol. The summed E-state index contributed by atoms with van der Waals surface area (Å²) in [5.41, 5.74) is 8.96. The van der Waals surface area contributed by atoms with E-state index >= 15 is 0 Å². The second-order valence-electron chi connectivity index (χ2n) is 4.59. The summed E-state index contributed by atoms with van der Waals surface area (Å²) in [5, 5.41) is 4.63. The van der Waals surface area contributed by atoms with Crippen molar-refractivity contribution < 1.29 is 9.53 Å². The predicted octanol–water partition coefficient (Wildman–Crippen LogP) is 2.63. The first-order valence-corrected chi connectivity index (χ1v) is 6.49. The van der Waals surface area contributed by atoms with Crippen LogP contribution in [-0.4, -0.2) is 15.7 Å². The Balaban J connectivity index is 2.15. The summed E-state index contributed by atoms with van der Waals surface area (Å²) in [4.78, 5) is 12.0. The maximum absolute atomic E-state index is 12.0. The van der Waals surface area contributed by atoms with E-state index in [0.717, 1.165) is 11.3 Å². The minimum absolute atomic E-state index is 0.0741. The Labute approximate surface area is 122 Å². The molecule has 2 N–H and O–H groups in total. The number of para-hydroxylation sites is 1. The Hall–Kier alpha value is -2.01. The number of benzene rings is 1. The Kier molecular flexibility index (Phi) is 3.99. The van der Waals surface area contributed by atoms with Crippen LogP contribution < -0.4 is 5.73 Å². The van der Waals surface area contributed by atoms with Crippen molar-refractivity contribution in [3.05, 3.63) is 45.7 Å². The van der Waals surface area contributed by atoms with E-state index in [1.54, 1.807) is 23.9 Å². The lowest BCUT2D eigenvalue weighted by Crippen LogP contribution is -2.09. The molecule has 106 valence electrons. The van der Waals surface area contributed by atoms with E-state index in [1.165, 1.54) is 0 Å². The third kappa shape index (κ3) is 2.63. The van der Waals surface area contributed by atoms with Gasteiger partial charge in [0, 0.05) is 18.3 Å². The lowest BCUT2D eigenvalue weighted by Gasteiger charge is -2.08. The number of aromatic nitrogens is 2. The molecule has 0 aliphatic carbocycles. The van der Waals surface area contributed by atoms with Gasteiger partial charge in [-0.15, -0.1) is 0 Å². The molecule has 0 aliphatic rings. The fraction of sp³-hybridized carbons (Fsp3) is 0.286. The number of nitrogen functional groups attached to an aromatic ring is 1. The van der Waals surface area contributed by atoms with E-state index in [4.69, 9.17) is 22.1 Å². The molecular weight excluding hydrogens is 278 g/mol. The molecule has 6 heteroatoms. The topological polar surface area (TPSA) is 70.1 Å². The lowest BCUT2D eigenvalue weighted by atomic mass is 10.1. The van der Waals surface area contributed by atoms with Gasteiger partial charge in [0.15, 0.2) is 0 Å². The first-order valence-electron chi connectivity index (χ1n) is 6.12. The van der Waals surface area contributed by atoms with E-state index in [9.17, 15) is 4.79 Å². The van der Waals surface area contributed by atoms with E-state index in [2.05, 4.69) is 5.10 Å². The molecule has 2 aromatic rings. The second kappa shape index (κ2) is 5.54. The van der Waals surface area contributed by atoms with Crippen LogP contribution >= 0.6 is 11.6 Å². The van der Waals surface area contributed by atoms with E-state index in [1.807, 2.05) is 19.9 Å². The van der Waals surface area contributed by atoms with Crippen molar-refractivity contribution in [2.45, 2.75) is 20.5 Å². The van der Waals surface area contributed by atoms with Crippen LogP contribution in [0, 0.1) is 13.8 Å². The molecule has 20 heavy (non-hydrogen) atoms. The Morgan fingerprint density at radius 2 is 2.15 bits per heavy atom. The molecule has 0 aliphatic heterocycles. The number of hydrogen-bond acceptors (Lipinski definition) is 4. The van der Waals surface area contributed by atoms with Crippen LogP contribution in [0.2, 0.25) is 5.15 Å².